The minimum absolute atomic E-state index is 0.107. The molecule has 0 saturated carbocycles. The van der Waals surface area contributed by atoms with Gasteiger partial charge in [-0.05, 0) is 76.6 Å². The van der Waals surface area contributed by atoms with Crippen LogP contribution in [0, 0.1) is 106 Å². The summed E-state index contributed by atoms with van der Waals surface area (Å²) in [6, 6.07) is 7.91. The highest BCUT2D eigenvalue weighted by Gasteiger charge is 2.50. The van der Waals surface area contributed by atoms with Crippen molar-refractivity contribution in [3.8, 4) is 0 Å². The zero-order valence-corrected chi connectivity index (χ0v) is 30.9. The highest BCUT2D eigenvalue weighted by Crippen LogP contribution is 2.43. The van der Waals surface area contributed by atoms with Crippen LogP contribution in [0.5, 0.6) is 0 Å². The number of allylic oxidation sites excluding steroid dienone is 2. The highest BCUT2D eigenvalue weighted by atomic mass is 31.1. The van der Waals surface area contributed by atoms with Crippen molar-refractivity contribution in [3.63, 3.8) is 0 Å². The fourth-order valence-electron chi connectivity index (χ4n) is 7.72. The Kier molecular flexibility index (Phi) is 10.8. The molecule has 0 aromatic heterocycles. The average Bonchev–Trinajstić information content (AvgIpc) is 3.07. The molecular weight excluding hydrogens is 732 g/mol. The maximum absolute atomic E-state index is 15.8. The molecule has 1 atom stereocenters. The van der Waals surface area contributed by atoms with Crippen LogP contribution < -0.4 is 21.5 Å². The zero-order valence-electron chi connectivity index (χ0n) is 30.0. The topological polar surface area (TPSA) is 18.5 Å². The lowest BCUT2D eigenvalue weighted by molar-refractivity contribution is 0.135. The molecule has 4 aromatic rings. The van der Waals surface area contributed by atoms with Crippen LogP contribution in [0.15, 0.2) is 47.9 Å². The first kappa shape index (κ1) is 39.7. The lowest BCUT2D eigenvalue weighted by Gasteiger charge is -2.49. The lowest BCUT2D eigenvalue weighted by atomic mass is 9.27. The van der Waals surface area contributed by atoms with Crippen LogP contribution in [0.2, 0.25) is 6.32 Å². The van der Waals surface area contributed by atoms with Gasteiger partial charge in [-0.2, -0.15) is 0 Å². The van der Waals surface area contributed by atoms with E-state index in [9.17, 15) is 26.3 Å². The number of benzene rings is 4. The highest BCUT2D eigenvalue weighted by molar-refractivity contribution is 7.72. The van der Waals surface area contributed by atoms with Gasteiger partial charge in [-0.15, -0.1) is 6.32 Å². The number of hydrogen-bond donors (Lipinski definition) is 0. The average molecular weight is 766 g/mol. The second kappa shape index (κ2) is 14.4. The third-order valence-corrected chi connectivity index (χ3v) is 12.6. The van der Waals surface area contributed by atoms with E-state index >= 15 is 17.6 Å². The van der Waals surface area contributed by atoms with E-state index in [0.29, 0.717) is 0 Å². The molecule has 0 amide bonds. The molecule has 0 unspecified atom stereocenters. The summed E-state index contributed by atoms with van der Waals surface area (Å²) in [5.74, 6) is -26.0. The molecule has 2 nitrogen and oxygen atoms in total. The molecule has 0 saturated heterocycles. The molecule has 0 radical (unpaired) electrons. The summed E-state index contributed by atoms with van der Waals surface area (Å²) in [7, 11) is -0.563. The van der Waals surface area contributed by atoms with E-state index in [2.05, 4.69) is 6.58 Å². The van der Waals surface area contributed by atoms with Crippen molar-refractivity contribution < 1.29 is 53.3 Å². The summed E-state index contributed by atoms with van der Waals surface area (Å²) < 4.78 is 163. The van der Waals surface area contributed by atoms with Crippen molar-refractivity contribution in [2.24, 2.45) is 5.92 Å². The van der Waals surface area contributed by atoms with Crippen LogP contribution in [-0.2, 0) is 9.39 Å². The summed E-state index contributed by atoms with van der Waals surface area (Å²) in [6.07, 6.45) is -5.69. The van der Waals surface area contributed by atoms with Crippen molar-refractivity contribution in [2.45, 2.75) is 54.8 Å². The van der Waals surface area contributed by atoms with Gasteiger partial charge < -0.3 is 9.39 Å². The predicted octanol–water partition coefficient (Wildman–Crippen LogP) is 9.00. The molecule has 280 valence electrons. The van der Waals surface area contributed by atoms with Crippen LogP contribution in [0.3, 0.4) is 0 Å². The van der Waals surface area contributed by atoms with Gasteiger partial charge in [-0.1, -0.05) is 58.5 Å². The summed E-state index contributed by atoms with van der Waals surface area (Å²) in [4.78, 5) is 0. The Hall–Kier alpha value is -4.51. The third-order valence-electron chi connectivity index (χ3n) is 9.71. The Morgan fingerprint density at radius 2 is 0.962 bits per heavy atom. The van der Waals surface area contributed by atoms with E-state index in [1.807, 2.05) is 65.8 Å². The molecule has 1 aliphatic heterocycles. The summed E-state index contributed by atoms with van der Waals surface area (Å²) in [5, 5.41) is 1.79. The number of rotatable bonds is 7. The minimum Gasteiger partial charge on any atom is -0.679 e. The number of hydrogen-bond acceptors (Lipinski definition) is 2. The van der Waals surface area contributed by atoms with Gasteiger partial charge >= 0.3 is 0 Å². The molecule has 0 aliphatic carbocycles. The molecule has 0 bridgehead atoms. The Labute approximate surface area is 301 Å². The summed E-state index contributed by atoms with van der Waals surface area (Å²) in [5.41, 5.74) is 1.92. The third kappa shape index (κ3) is 6.45. The first-order chi connectivity index (χ1) is 24.7. The first-order valence-electron chi connectivity index (χ1n) is 16.3. The van der Waals surface area contributed by atoms with Gasteiger partial charge in [0.2, 0.25) is 12.3 Å². The molecule has 0 fully saturated rings. The molecule has 1 aliphatic rings. The second-order valence-electron chi connectivity index (χ2n) is 13.6. The second-order valence-corrected chi connectivity index (χ2v) is 15.5. The number of aryl methyl sites for hydroxylation is 6. The van der Waals surface area contributed by atoms with Crippen LogP contribution in [0.4, 0.5) is 43.9 Å². The van der Waals surface area contributed by atoms with Gasteiger partial charge in [0.25, 0.3) is 0 Å². The molecular formula is C39H34BF10O2P. The molecule has 5 rings (SSSR count). The SMILES string of the molecule is C=C(C)[C@@H]1C[B-](c2c(F)c(F)c(F)c(F)c2F)(c2c(F)c(F)c(F)c(F)c2F)OC(OC)=C1C=[P+](c1c(C)cc(C)cc1C)c1c(C)cc(C)cc1C. The molecule has 0 N–H and O–H groups in total. The standard InChI is InChI=1S/C39H34BF10O2P/c1-16(2)23-14-40(25-27(41)31(45)35(49)32(46)28(25)42,26-29(43)33(47)36(50)34(48)30(26)44)52-39(51-9)24(23)15-53(37-19(5)10-17(3)11-20(37)6)38-21(7)12-18(4)13-22(38)8/h10-13,15,23H,1,14H2,2-9H3/t23-/m0/s1. The van der Waals surface area contributed by atoms with Gasteiger partial charge in [0.1, 0.15) is 29.1 Å². The van der Waals surface area contributed by atoms with E-state index in [-0.39, 0.29) is 11.1 Å². The zero-order chi connectivity index (χ0) is 39.6. The normalized spacial score (nSPS) is 15.4. The maximum atomic E-state index is 15.8. The lowest BCUT2D eigenvalue weighted by Crippen LogP contribution is -2.68. The monoisotopic (exact) mass is 766 g/mol. The van der Waals surface area contributed by atoms with Gasteiger partial charge in [0.15, 0.2) is 53.1 Å². The van der Waals surface area contributed by atoms with Crippen molar-refractivity contribution in [2.75, 3.05) is 7.11 Å². The van der Waals surface area contributed by atoms with E-state index in [0.717, 1.165) is 51.1 Å². The minimum atomic E-state index is -4.61. The van der Waals surface area contributed by atoms with Gasteiger partial charge in [-0.25, -0.2) is 43.9 Å². The summed E-state index contributed by atoms with van der Waals surface area (Å²) >= 11 is 0. The predicted molar refractivity (Wildman–Crippen MR) is 189 cm³/mol. The number of halogens is 10. The molecule has 1 heterocycles. The number of ether oxygens (including phenoxy) is 1. The molecule has 14 heteroatoms. The van der Waals surface area contributed by atoms with Gasteiger partial charge in [0.05, 0.1) is 12.7 Å². The fraction of sp³-hybridized carbons (Fsp3) is 0.256. The van der Waals surface area contributed by atoms with E-state index in [4.69, 9.17) is 9.39 Å². The van der Waals surface area contributed by atoms with Crippen molar-refractivity contribution >= 4 is 41.2 Å². The van der Waals surface area contributed by atoms with Crippen LogP contribution in [0.25, 0.3) is 0 Å². The van der Waals surface area contributed by atoms with E-state index < -0.39 is 101 Å². The van der Waals surface area contributed by atoms with Crippen molar-refractivity contribution in [3.05, 3.63) is 139 Å². The molecule has 4 aromatic carbocycles. The van der Waals surface area contributed by atoms with Crippen LogP contribution in [0.1, 0.15) is 40.3 Å². The van der Waals surface area contributed by atoms with Gasteiger partial charge in [-0.3, -0.25) is 0 Å². The van der Waals surface area contributed by atoms with Gasteiger partial charge in [0, 0.05) is 0 Å². The Morgan fingerprint density at radius 3 is 1.26 bits per heavy atom. The Morgan fingerprint density at radius 1 is 0.642 bits per heavy atom. The van der Waals surface area contributed by atoms with Crippen LogP contribution in [-0.4, -0.2) is 19.3 Å². The maximum Gasteiger partial charge on any atom is 0.237 e. The molecule has 53 heavy (non-hydrogen) atoms. The first-order valence-corrected chi connectivity index (χ1v) is 17.7. The number of methoxy groups -OCH3 is 1. The van der Waals surface area contributed by atoms with E-state index in [1.54, 1.807) is 5.80 Å². The molecule has 0 spiro atoms. The van der Waals surface area contributed by atoms with Crippen molar-refractivity contribution in [1.29, 1.82) is 0 Å². The largest absolute Gasteiger partial charge is 0.679 e. The van der Waals surface area contributed by atoms with Crippen molar-refractivity contribution in [1.82, 2.24) is 0 Å². The summed E-state index contributed by atoms with van der Waals surface area (Å²) in [6.45, 7) is 16.9. The van der Waals surface area contributed by atoms with Crippen LogP contribution >= 0.6 is 7.55 Å². The smallest absolute Gasteiger partial charge is 0.237 e. The fourth-order valence-corrected chi connectivity index (χ4v) is 10.5. The Bertz CT molecular complexity index is 2070. The quantitative estimate of drug-likeness (QED) is 0.0467. The van der Waals surface area contributed by atoms with E-state index in [1.165, 1.54) is 6.92 Å². The Balaban J connectivity index is 2.00.